The Morgan fingerprint density at radius 1 is 0.880 bits per heavy atom. The maximum Gasteiger partial charge on any atom is 0.255 e. The Kier molecular flexibility index (Phi) is 5.89. The number of hydrogen-bond acceptors (Lipinski definition) is 4. The normalized spacial score (nSPS) is 10.0. The summed E-state index contributed by atoms with van der Waals surface area (Å²) in [7, 11) is 3.34. The molecule has 0 aromatic heterocycles. The van der Waals surface area contributed by atoms with E-state index in [1.165, 1.54) is 11.8 Å². The van der Waals surface area contributed by atoms with Crippen molar-refractivity contribution < 1.29 is 14.4 Å². The van der Waals surface area contributed by atoms with Crippen molar-refractivity contribution in [2.75, 3.05) is 31.3 Å². The molecule has 0 fully saturated rings. The fourth-order valence-corrected chi connectivity index (χ4v) is 2.33. The van der Waals surface area contributed by atoms with E-state index >= 15 is 0 Å². The predicted molar refractivity (Wildman–Crippen MR) is 98.0 cm³/mol. The topological polar surface area (TPSA) is 78.5 Å². The monoisotopic (exact) mass is 339 g/mol. The summed E-state index contributed by atoms with van der Waals surface area (Å²) in [6, 6.07) is 13.8. The molecule has 130 valence electrons. The second kappa shape index (κ2) is 8.10. The van der Waals surface area contributed by atoms with Gasteiger partial charge in [-0.3, -0.25) is 14.4 Å². The third kappa shape index (κ3) is 4.67. The number of carbonyl (C=O) groups excluding carboxylic acids is 3. The van der Waals surface area contributed by atoms with Crippen LogP contribution in [0.25, 0.3) is 0 Å². The molecule has 6 heteroatoms. The maximum atomic E-state index is 12.2. The van der Waals surface area contributed by atoms with E-state index in [2.05, 4.69) is 10.6 Å². The molecule has 2 amide bonds. The van der Waals surface area contributed by atoms with Gasteiger partial charge in [-0.25, -0.2) is 0 Å². The van der Waals surface area contributed by atoms with Crippen LogP contribution in [0.1, 0.15) is 27.6 Å². The molecule has 0 aliphatic rings. The highest BCUT2D eigenvalue weighted by Gasteiger charge is 2.14. The predicted octanol–water partition coefficient (Wildman–Crippen LogP) is 2.64. The minimum Gasteiger partial charge on any atom is -0.376 e. The van der Waals surface area contributed by atoms with Crippen LogP contribution >= 0.6 is 0 Å². The van der Waals surface area contributed by atoms with E-state index in [4.69, 9.17) is 0 Å². The first-order valence-corrected chi connectivity index (χ1v) is 7.84. The smallest absolute Gasteiger partial charge is 0.255 e. The van der Waals surface area contributed by atoms with Crippen molar-refractivity contribution in [2.24, 2.45) is 0 Å². The van der Waals surface area contributed by atoms with E-state index in [1.54, 1.807) is 62.6 Å². The second-order valence-electron chi connectivity index (χ2n) is 5.75. The van der Waals surface area contributed by atoms with Gasteiger partial charge in [-0.2, -0.15) is 0 Å². The minimum absolute atomic E-state index is 0.0238. The number of carbonyl (C=O) groups is 3. The van der Waals surface area contributed by atoms with Gasteiger partial charge in [-0.1, -0.05) is 24.3 Å². The Morgan fingerprint density at radius 2 is 1.44 bits per heavy atom. The first-order valence-electron chi connectivity index (χ1n) is 7.84. The van der Waals surface area contributed by atoms with E-state index in [1.807, 2.05) is 0 Å². The lowest BCUT2D eigenvalue weighted by Gasteiger charge is -2.15. The summed E-state index contributed by atoms with van der Waals surface area (Å²) < 4.78 is 0. The molecule has 25 heavy (non-hydrogen) atoms. The molecular formula is C19H21N3O3. The number of Topliss-reactive ketones (excluding diaryl/α,β-unsaturated/α-hetero) is 1. The zero-order valence-corrected chi connectivity index (χ0v) is 14.5. The molecule has 0 aliphatic carbocycles. The van der Waals surface area contributed by atoms with Gasteiger partial charge in [0.15, 0.2) is 5.78 Å². The average Bonchev–Trinajstić information content (AvgIpc) is 2.59. The quantitative estimate of drug-likeness (QED) is 0.793. The van der Waals surface area contributed by atoms with Crippen molar-refractivity contribution in [1.29, 1.82) is 0 Å². The molecule has 0 saturated carbocycles. The van der Waals surface area contributed by atoms with Gasteiger partial charge in [-0.05, 0) is 31.2 Å². The van der Waals surface area contributed by atoms with Crippen LogP contribution in [0.5, 0.6) is 0 Å². The van der Waals surface area contributed by atoms with Gasteiger partial charge in [0.25, 0.3) is 5.91 Å². The average molecular weight is 339 g/mol. The van der Waals surface area contributed by atoms with Crippen molar-refractivity contribution >= 4 is 29.0 Å². The molecule has 2 N–H and O–H groups in total. The number of nitrogens with one attached hydrogen (secondary N) is 2. The second-order valence-corrected chi connectivity index (χ2v) is 5.75. The SMILES string of the molecule is CC(=O)c1ccccc1NC(=O)CNc1ccccc1C(=O)N(C)C. The summed E-state index contributed by atoms with van der Waals surface area (Å²) in [5.41, 5.74) is 2.00. The van der Waals surface area contributed by atoms with Gasteiger partial charge in [0.1, 0.15) is 0 Å². The molecule has 6 nitrogen and oxygen atoms in total. The Morgan fingerprint density at radius 3 is 2.04 bits per heavy atom. The van der Waals surface area contributed by atoms with Gasteiger partial charge < -0.3 is 15.5 Å². The van der Waals surface area contributed by atoms with Crippen molar-refractivity contribution in [2.45, 2.75) is 6.92 Å². The summed E-state index contributed by atoms with van der Waals surface area (Å²) in [4.78, 5) is 37.4. The first-order chi connectivity index (χ1) is 11.9. The van der Waals surface area contributed by atoms with Gasteiger partial charge in [0, 0.05) is 25.3 Å². The van der Waals surface area contributed by atoms with E-state index in [0.717, 1.165) is 0 Å². The molecule has 0 spiro atoms. The van der Waals surface area contributed by atoms with Gasteiger partial charge >= 0.3 is 0 Å². The summed E-state index contributed by atoms with van der Waals surface area (Å²) in [5, 5.41) is 5.69. The lowest BCUT2D eigenvalue weighted by molar-refractivity contribution is -0.114. The molecule has 0 saturated heterocycles. The number of anilines is 2. The fourth-order valence-electron chi connectivity index (χ4n) is 2.33. The van der Waals surface area contributed by atoms with Crippen molar-refractivity contribution in [3.05, 3.63) is 59.7 Å². The molecule has 0 radical (unpaired) electrons. The molecule has 2 aromatic rings. The fraction of sp³-hybridized carbons (Fsp3) is 0.211. The van der Waals surface area contributed by atoms with Crippen LogP contribution in [0.15, 0.2) is 48.5 Å². The largest absolute Gasteiger partial charge is 0.376 e. The lowest BCUT2D eigenvalue weighted by Crippen LogP contribution is -2.26. The van der Waals surface area contributed by atoms with Gasteiger partial charge in [0.2, 0.25) is 5.91 Å². The highest BCUT2D eigenvalue weighted by atomic mass is 16.2. The molecule has 0 bridgehead atoms. The number of para-hydroxylation sites is 2. The number of amides is 2. The Balaban J connectivity index is 2.07. The number of benzene rings is 2. The number of ketones is 1. The Bertz CT molecular complexity index is 800. The molecule has 0 aliphatic heterocycles. The van der Waals surface area contributed by atoms with Gasteiger partial charge in [-0.15, -0.1) is 0 Å². The highest BCUT2D eigenvalue weighted by molar-refractivity contribution is 6.05. The van der Waals surface area contributed by atoms with Crippen molar-refractivity contribution in [3.63, 3.8) is 0 Å². The summed E-state index contributed by atoms with van der Waals surface area (Å²) in [5.74, 6) is -0.572. The van der Waals surface area contributed by atoms with E-state index in [9.17, 15) is 14.4 Å². The van der Waals surface area contributed by atoms with Crippen molar-refractivity contribution in [1.82, 2.24) is 4.90 Å². The van der Waals surface area contributed by atoms with Crippen LogP contribution in [0.3, 0.4) is 0 Å². The highest BCUT2D eigenvalue weighted by Crippen LogP contribution is 2.17. The van der Waals surface area contributed by atoms with Crippen LogP contribution in [-0.2, 0) is 4.79 Å². The first kappa shape index (κ1) is 18.2. The maximum absolute atomic E-state index is 12.2. The molecule has 0 unspecified atom stereocenters. The zero-order valence-electron chi connectivity index (χ0n) is 14.5. The third-order valence-corrected chi connectivity index (χ3v) is 3.58. The zero-order chi connectivity index (χ0) is 18.4. The molecular weight excluding hydrogens is 318 g/mol. The number of rotatable bonds is 6. The van der Waals surface area contributed by atoms with Crippen LogP contribution < -0.4 is 10.6 Å². The molecule has 2 aromatic carbocycles. The summed E-state index contributed by atoms with van der Waals surface area (Å²) in [6.45, 7) is 1.43. The number of nitrogens with zero attached hydrogens (tertiary/aromatic N) is 1. The minimum atomic E-state index is -0.305. The standard InChI is InChI=1S/C19H21N3O3/c1-13(23)14-8-4-7-11-17(14)21-18(24)12-20-16-10-6-5-9-15(16)19(25)22(2)3/h4-11,20H,12H2,1-3H3,(H,21,24). The van der Waals surface area contributed by atoms with E-state index in [0.29, 0.717) is 22.5 Å². The Hall–Kier alpha value is -3.15. The van der Waals surface area contributed by atoms with E-state index < -0.39 is 0 Å². The van der Waals surface area contributed by atoms with Crippen LogP contribution in [-0.4, -0.2) is 43.1 Å². The summed E-state index contributed by atoms with van der Waals surface area (Å²) in [6.07, 6.45) is 0. The Labute approximate surface area is 146 Å². The van der Waals surface area contributed by atoms with E-state index in [-0.39, 0.29) is 24.1 Å². The van der Waals surface area contributed by atoms with Crippen molar-refractivity contribution in [3.8, 4) is 0 Å². The molecule has 0 heterocycles. The number of hydrogen-bond donors (Lipinski definition) is 2. The molecule has 2 rings (SSSR count). The van der Waals surface area contributed by atoms with Crippen LogP contribution in [0, 0.1) is 0 Å². The van der Waals surface area contributed by atoms with Crippen LogP contribution in [0.4, 0.5) is 11.4 Å². The lowest BCUT2D eigenvalue weighted by atomic mass is 10.1. The molecule has 0 atom stereocenters. The summed E-state index contributed by atoms with van der Waals surface area (Å²) >= 11 is 0. The van der Waals surface area contributed by atoms with Crippen LogP contribution in [0.2, 0.25) is 0 Å². The third-order valence-electron chi connectivity index (χ3n) is 3.58. The van der Waals surface area contributed by atoms with Gasteiger partial charge in [0.05, 0.1) is 17.8 Å².